The molecule has 1 N–H and O–H groups in total. The van der Waals surface area contributed by atoms with Crippen LogP contribution >= 0.6 is 0 Å². The second kappa shape index (κ2) is 7.48. The molecule has 1 aromatic carbocycles. The van der Waals surface area contributed by atoms with Crippen LogP contribution in [0.3, 0.4) is 0 Å². The van der Waals surface area contributed by atoms with Crippen LogP contribution < -0.4 is 10.9 Å². The number of aromatic nitrogens is 3. The van der Waals surface area contributed by atoms with Crippen LogP contribution in [0, 0.1) is 5.82 Å². The maximum absolute atomic E-state index is 13.6. The molecule has 0 aliphatic heterocycles. The molecule has 2 aromatic heterocycles. The average Bonchev–Trinajstić information content (AvgIpc) is 2.64. The van der Waals surface area contributed by atoms with Crippen LogP contribution in [-0.2, 0) is 6.54 Å². The normalized spacial score (nSPS) is 10.4. The quantitative estimate of drug-likeness (QED) is 0.770. The van der Waals surface area contributed by atoms with E-state index in [2.05, 4.69) is 15.4 Å². The first-order valence-electron chi connectivity index (χ1n) is 7.66. The van der Waals surface area contributed by atoms with E-state index >= 15 is 0 Å². The fraction of sp³-hybridized carbons (Fsp3) is 0.111. The van der Waals surface area contributed by atoms with Gasteiger partial charge in [-0.3, -0.25) is 14.6 Å². The van der Waals surface area contributed by atoms with E-state index in [-0.39, 0.29) is 24.2 Å². The van der Waals surface area contributed by atoms with Gasteiger partial charge >= 0.3 is 0 Å². The zero-order chi connectivity index (χ0) is 17.6. The van der Waals surface area contributed by atoms with Gasteiger partial charge in [0.25, 0.3) is 11.5 Å². The molecule has 0 saturated heterocycles. The number of nitrogens with zero attached hydrogens (tertiary/aromatic N) is 3. The Morgan fingerprint density at radius 1 is 1.12 bits per heavy atom. The van der Waals surface area contributed by atoms with Crippen molar-refractivity contribution in [2.45, 2.75) is 6.54 Å². The zero-order valence-corrected chi connectivity index (χ0v) is 13.2. The molecule has 2 heterocycles. The lowest BCUT2D eigenvalue weighted by Gasteiger charge is -2.09. The van der Waals surface area contributed by atoms with Crippen molar-refractivity contribution in [1.29, 1.82) is 0 Å². The van der Waals surface area contributed by atoms with Crippen molar-refractivity contribution >= 4 is 5.91 Å². The third-order valence-corrected chi connectivity index (χ3v) is 3.55. The number of nitrogens with one attached hydrogen (secondary N) is 1. The van der Waals surface area contributed by atoms with Gasteiger partial charge in [-0.2, -0.15) is 5.10 Å². The van der Waals surface area contributed by atoms with Crippen molar-refractivity contribution in [1.82, 2.24) is 20.1 Å². The van der Waals surface area contributed by atoms with Crippen molar-refractivity contribution < 1.29 is 9.18 Å². The van der Waals surface area contributed by atoms with Crippen LogP contribution in [0.2, 0.25) is 0 Å². The molecule has 126 valence electrons. The van der Waals surface area contributed by atoms with Gasteiger partial charge in [0, 0.05) is 30.6 Å². The summed E-state index contributed by atoms with van der Waals surface area (Å²) in [5, 5.41) is 6.85. The van der Waals surface area contributed by atoms with Crippen LogP contribution in [0.1, 0.15) is 10.4 Å². The summed E-state index contributed by atoms with van der Waals surface area (Å²) < 4.78 is 14.8. The summed E-state index contributed by atoms with van der Waals surface area (Å²) in [6, 6.07) is 12.4. The van der Waals surface area contributed by atoms with E-state index in [4.69, 9.17) is 0 Å². The summed E-state index contributed by atoms with van der Waals surface area (Å²) in [5.41, 5.74) is 1.07. The van der Waals surface area contributed by atoms with E-state index in [9.17, 15) is 14.0 Å². The number of hydrogen-bond donors (Lipinski definition) is 1. The van der Waals surface area contributed by atoms with E-state index in [1.807, 2.05) is 6.07 Å². The average molecular weight is 338 g/mol. The molecule has 0 fully saturated rings. The highest BCUT2D eigenvalue weighted by molar-refractivity contribution is 5.94. The minimum atomic E-state index is -0.589. The molecule has 0 bridgehead atoms. The molecular weight excluding hydrogens is 323 g/mol. The van der Waals surface area contributed by atoms with Gasteiger partial charge in [0.1, 0.15) is 5.82 Å². The van der Waals surface area contributed by atoms with Gasteiger partial charge < -0.3 is 5.32 Å². The van der Waals surface area contributed by atoms with Crippen LogP contribution in [0.25, 0.3) is 11.3 Å². The monoisotopic (exact) mass is 338 g/mol. The van der Waals surface area contributed by atoms with E-state index in [0.29, 0.717) is 5.69 Å². The van der Waals surface area contributed by atoms with E-state index in [1.54, 1.807) is 30.6 Å². The molecule has 7 heteroatoms. The van der Waals surface area contributed by atoms with Crippen molar-refractivity contribution in [2.75, 3.05) is 6.54 Å². The van der Waals surface area contributed by atoms with Crippen molar-refractivity contribution in [3.8, 4) is 11.3 Å². The second-order valence-electron chi connectivity index (χ2n) is 5.26. The highest BCUT2D eigenvalue weighted by atomic mass is 19.1. The van der Waals surface area contributed by atoms with Gasteiger partial charge in [-0.25, -0.2) is 9.07 Å². The number of amides is 1. The van der Waals surface area contributed by atoms with Gasteiger partial charge in [-0.05, 0) is 30.3 Å². The van der Waals surface area contributed by atoms with E-state index in [0.717, 1.165) is 5.56 Å². The van der Waals surface area contributed by atoms with Crippen molar-refractivity contribution in [3.63, 3.8) is 0 Å². The molecule has 0 radical (unpaired) electrons. The SMILES string of the molecule is O=C(NCCn1nc(-c2cccnc2)ccc1=O)c1ccccc1F. The lowest BCUT2D eigenvalue weighted by molar-refractivity contribution is 0.0947. The smallest absolute Gasteiger partial charge is 0.266 e. The lowest BCUT2D eigenvalue weighted by atomic mass is 10.2. The number of benzene rings is 1. The van der Waals surface area contributed by atoms with Gasteiger partial charge in [0.15, 0.2) is 0 Å². The first-order chi connectivity index (χ1) is 12.1. The number of hydrogen-bond acceptors (Lipinski definition) is 4. The fourth-order valence-electron chi connectivity index (χ4n) is 2.29. The highest BCUT2D eigenvalue weighted by Crippen LogP contribution is 2.12. The third kappa shape index (κ3) is 3.95. The molecule has 0 saturated carbocycles. The van der Waals surface area contributed by atoms with Crippen LogP contribution in [0.15, 0.2) is 65.7 Å². The van der Waals surface area contributed by atoms with Crippen LogP contribution in [-0.4, -0.2) is 27.2 Å². The molecule has 1 amide bonds. The summed E-state index contributed by atoms with van der Waals surface area (Å²) in [6.45, 7) is 0.323. The number of carbonyl (C=O) groups excluding carboxylic acids is 1. The Bertz CT molecular complexity index is 941. The Morgan fingerprint density at radius 2 is 1.96 bits per heavy atom. The van der Waals surface area contributed by atoms with E-state index < -0.39 is 11.7 Å². The number of rotatable bonds is 5. The molecule has 0 aliphatic rings. The Balaban J connectivity index is 1.68. The highest BCUT2D eigenvalue weighted by Gasteiger charge is 2.10. The van der Waals surface area contributed by atoms with Crippen molar-refractivity contribution in [3.05, 3.63) is 82.7 Å². The lowest BCUT2D eigenvalue weighted by Crippen LogP contribution is -2.32. The first kappa shape index (κ1) is 16.5. The first-order valence-corrected chi connectivity index (χ1v) is 7.66. The minimum Gasteiger partial charge on any atom is -0.350 e. The second-order valence-corrected chi connectivity index (χ2v) is 5.26. The fourth-order valence-corrected chi connectivity index (χ4v) is 2.29. The molecule has 0 atom stereocenters. The zero-order valence-electron chi connectivity index (χ0n) is 13.2. The molecule has 3 rings (SSSR count). The summed E-state index contributed by atoms with van der Waals surface area (Å²) in [6.07, 6.45) is 3.30. The Labute approximate surface area is 143 Å². The topological polar surface area (TPSA) is 76.9 Å². The molecule has 3 aromatic rings. The largest absolute Gasteiger partial charge is 0.350 e. The Kier molecular flexibility index (Phi) is 4.94. The van der Waals surface area contributed by atoms with Gasteiger partial charge in [0.05, 0.1) is 17.8 Å². The summed E-state index contributed by atoms with van der Waals surface area (Å²) in [7, 11) is 0. The number of halogens is 1. The predicted octanol–water partition coefficient (Wildman–Crippen LogP) is 1.87. The maximum atomic E-state index is 13.6. The van der Waals surface area contributed by atoms with Gasteiger partial charge in [0.2, 0.25) is 0 Å². The van der Waals surface area contributed by atoms with Crippen LogP contribution in [0.4, 0.5) is 4.39 Å². The van der Waals surface area contributed by atoms with Gasteiger partial charge in [-0.15, -0.1) is 0 Å². The number of carbonyl (C=O) groups is 1. The van der Waals surface area contributed by atoms with Crippen LogP contribution in [0.5, 0.6) is 0 Å². The molecule has 0 aliphatic carbocycles. The summed E-state index contributed by atoms with van der Waals surface area (Å²) in [4.78, 5) is 27.9. The number of pyridine rings is 1. The molecule has 0 spiro atoms. The molecule has 6 nitrogen and oxygen atoms in total. The summed E-state index contributed by atoms with van der Waals surface area (Å²) >= 11 is 0. The Morgan fingerprint density at radius 3 is 2.72 bits per heavy atom. The summed E-state index contributed by atoms with van der Waals surface area (Å²) in [5.74, 6) is -1.12. The maximum Gasteiger partial charge on any atom is 0.266 e. The van der Waals surface area contributed by atoms with E-state index in [1.165, 1.54) is 28.9 Å². The van der Waals surface area contributed by atoms with Crippen molar-refractivity contribution in [2.24, 2.45) is 0 Å². The molecule has 0 unspecified atom stereocenters. The third-order valence-electron chi connectivity index (χ3n) is 3.55. The standard InChI is InChI=1S/C18H15FN4O2/c19-15-6-2-1-5-14(15)18(25)21-10-11-23-17(24)8-7-16(22-23)13-4-3-9-20-12-13/h1-9,12H,10-11H2,(H,21,25). The minimum absolute atomic E-state index is 0.0353. The molecular formula is C18H15FN4O2. The Hall–Kier alpha value is -3.35. The molecule has 25 heavy (non-hydrogen) atoms. The van der Waals surface area contributed by atoms with Gasteiger partial charge in [-0.1, -0.05) is 12.1 Å². The predicted molar refractivity (Wildman–Crippen MR) is 90.5 cm³/mol.